The molecule has 1 aromatic rings. The summed E-state index contributed by atoms with van der Waals surface area (Å²) in [4.78, 5) is 34.6. The van der Waals surface area contributed by atoms with Crippen molar-refractivity contribution in [3.63, 3.8) is 0 Å². The first kappa shape index (κ1) is 21.2. The predicted octanol–water partition coefficient (Wildman–Crippen LogP) is 3.59. The molecule has 2 aliphatic rings. The summed E-state index contributed by atoms with van der Waals surface area (Å²) in [6.07, 6.45) is 10.2. The lowest BCUT2D eigenvalue weighted by atomic mass is 9.69. The van der Waals surface area contributed by atoms with Crippen LogP contribution in [-0.2, 0) is 16.1 Å². The van der Waals surface area contributed by atoms with Crippen LogP contribution in [0.3, 0.4) is 0 Å². The Hall–Kier alpha value is -1.56. The molecular weight excluding hydrogens is 370 g/mol. The number of pyridine rings is 1. The molecule has 3 atom stereocenters. The summed E-state index contributed by atoms with van der Waals surface area (Å²) in [5.74, 6) is 1.47. The Kier molecular flexibility index (Phi) is 6.69. The highest BCUT2D eigenvalue weighted by Gasteiger charge is 2.61. The van der Waals surface area contributed by atoms with Gasteiger partial charge in [-0.2, -0.15) is 11.8 Å². The van der Waals surface area contributed by atoms with E-state index in [4.69, 9.17) is 0 Å². The maximum absolute atomic E-state index is 13.8. The van der Waals surface area contributed by atoms with Crippen LogP contribution in [0, 0.1) is 11.3 Å². The van der Waals surface area contributed by atoms with Crippen LogP contribution in [-0.4, -0.2) is 57.7 Å². The highest BCUT2D eigenvalue weighted by Crippen LogP contribution is 2.53. The van der Waals surface area contributed by atoms with E-state index in [1.54, 1.807) is 24.2 Å². The first-order chi connectivity index (χ1) is 13.4. The van der Waals surface area contributed by atoms with E-state index in [1.807, 2.05) is 30.3 Å². The number of amides is 2. The van der Waals surface area contributed by atoms with Crippen molar-refractivity contribution < 1.29 is 9.59 Å². The van der Waals surface area contributed by atoms with Crippen LogP contribution in [0.25, 0.3) is 0 Å². The molecule has 2 amide bonds. The van der Waals surface area contributed by atoms with Gasteiger partial charge in [0.1, 0.15) is 0 Å². The van der Waals surface area contributed by atoms with Gasteiger partial charge < -0.3 is 9.80 Å². The number of thioether (sulfide) groups is 1. The van der Waals surface area contributed by atoms with Gasteiger partial charge in [-0.25, -0.2) is 0 Å². The van der Waals surface area contributed by atoms with Gasteiger partial charge in [0, 0.05) is 38.1 Å². The fraction of sp³-hybridized carbons (Fsp3) is 0.682. The molecule has 1 aromatic heterocycles. The van der Waals surface area contributed by atoms with Gasteiger partial charge in [-0.05, 0) is 62.0 Å². The Morgan fingerprint density at radius 2 is 2.04 bits per heavy atom. The average molecular weight is 404 g/mol. The molecule has 2 aliphatic heterocycles. The standard InChI is InChI=1S/C22H33N3O2S/c1-16(2)7-10-22(21(27)24(3)14-17-8-11-23-12-9-17)13-18-5-6-19(22)25(18)20(26)15-28-4/h8-9,11-12,16,18-19H,5-7,10,13-15H2,1-4H3/t18-,19+,22+/m1/s1. The fourth-order valence-corrected chi connectivity index (χ4v) is 5.52. The van der Waals surface area contributed by atoms with Crippen molar-refractivity contribution in [2.45, 2.75) is 64.6 Å². The van der Waals surface area contributed by atoms with Crippen LogP contribution in [0.4, 0.5) is 0 Å². The summed E-state index contributed by atoms with van der Waals surface area (Å²) in [6, 6.07) is 4.21. The molecule has 5 nitrogen and oxygen atoms in total. The van der Waals surface area contributed by atoms with Crippen LogP contribution in [0.15, 0.2) is 24.5 Å². The largest absolute Gasteiger partial charge is 0.341 e. The summed E-state index contributed by atoms with van der Waals surface area (Å²) in [5, 5.41) is 0. The van der Waals surface area contributed by atoms with Crippen LogP contribution in [0.5, 0.6) is 0 Å². The zero-order chi connectivity index (χ0) is 20.3. The lowest BCUT2D eigenvalue weighted by Gasteiger charge is -2.39. The Morgan fingerprint density at radius 3 is 2.68 bits per heavy atom. The van der Waals surface area contributed by atoms with E-state index in [0.29, 0.717) is 18.2 Å². The van der Waals surface area contributed by atoms with Crippen LogP contribution in [0.2, 0.25) is 0 Å². The summed E-state index contributed by atoms with van der Waals surface area (Å²) in [6.45, 7) is 5.01. The molecule has 6 heteroatoms. The summed E-state index contributed by atoms with van der Waals surface area (Å²) < 4.78 is 0. The van der Waals surface area contributed by atoms with E-state index in [9.17, 15) is 9.59 Å². The minimum absolute atomic E-state index is 0.0586. The van der Waals surface area contributed by atoms with Gasteiger partial charge in [0.05, 0.1) is 11.2 Å². The van der Waals surface area contributed by atoms with Crippen LogP contribution < -0.4 is 0 Å². The number of hydrogen-bond donors (Lipinski definition) is 0. The van der Waals surface area contributed by atoms with Gasteiger partial charge in [-0.15, -0.1) is 0 Å². The molecule has 0 aliphatic carbocycles. The Bertz CT molecular complexity index is 696. The Morgan fingerprint density at radius 1 is 1.32 bits per heavy atom. The predicted molar refractivity (Wildman–Crippen MR) is 114 cm³/mol. The highest BCUT2D eigenvalue weighted by molar-refractivity contribution is 7.99. The third-order valence-corrected chi connectivity index (χ3v) is 6.94. The molecule has 0 N–H and O–H groups in total. The molecule has 3 heterocycles. The first-order valence-corrected chi connectivity index (χ1v) is 11.7. The quantitative estimate of drug-likeness (QED) is 0.666. The lowest BCUT2D eigenvalue weighted by Crippen LogP contribution is -2.50. The molecule has 3 rings (SSSR count). The lowest BCUT2D eigenvalue weighted by molar-refractivity contribution is -0.145. The number of aromatic nitrogens is 1. The minimum Gasteiger partial charge on any atom is -0.341 e. The normalized spacial score (nSPS) is 26.1. The smallest absolute Gasteiger partial charge is 0.233 e. The zero-order valence-electron chi connectivity index (χ0n) is 17.6. The molecule has 2 bridgehead atoms. The molecule has 0 saturated carbocycles. The van der Waals surface area contributed by atoms with Crippen molar-refractivity contribution in [1.82, 2.24) is 14.8 Å². The van der Waals surface area contributed by atoms with Crippen molar-refractivity contribution in [2.75, 3.05) is 19.1 Å². The second-order valence-corrected chi connectivity index (χ2v) is 9.66. The topological polar surface area (TPSA) is 53.5 Å². The Balaban J connectivity index is 1.84. The van der Waals surface area contributed by atoms with Crippen molar-refractivity contribution in [3.8, 4) is 0 Å². The van der Waals surface area contributed by atoms with Gasteiger partial charge in [0.25, 0.3) is 0 Å². The molecule has 2 saturated heterocycles. The fourth-order valence-electron chi connectivity index (χ4n) is 5.12. The van der Waals surface area contributed by atoms with Gasteiger partial charge in [0.15, 0.2) is 0 Å². The van der Waals surface area contributed by atoms with Gasteiger partial charge >= 0.3 is 0 Å². The molecular formula is C22H33N3O2S. The minimum atomic E-state index is -0.428. The second kappa shape index (κ2) is 8.85. The van der Waals surface area contributed by atoms with E-state index >= 15 is 0 Å². The monoisotopic (exact) mass is 403 g/mol. The van der Waals surface area contributed by atoms with E-state index < -0.39 is 5.41 Å². The van der Waals surface area contributed by atoms with Gasteiger partial charge in [-0.3, -0.25) is 14.6 Å². The zero-order valence-corrected chi connectivity index (χ0v) is 18.4. The van der Waals surface area contributed by atoms with E-state index in [-0.39, 0.29) is 23.9 Å². The van der Waals surface area contributed by atoms with Crippen LogP contribution >= 0.6 is 11.8 Å². The van der Waals surface area contributed by atoms with Gasteiger partial charge in [-0.1, -0.05) is 13.8 Å². The van der Waals surface area contributed by atoms with Crippen LogP contribution in [0.1, 0.15) is 51.5 Å². The van der Waals surface area contributed by atoms with E-state index in [1.165, 1.54) is 0 Å². The number of rotatable bonds is 8. The molecule has 0 spiro atoms. The van der Waals surface area contributed by atoms with Crippen molar-refractivity contribution >= 4 is 23.6 Å². The van der Waals surface area contributed by atoms with Gasteiger partial charge in [0.2, 0.25) is 11.8 Å². The maximum Gasteiger partial charge on any atom is 0.233 e. The number of fused-ring (bicyclic) bond motifs is 2. The third kappa shape index (κ3) is 4.07. The molecule has 28 heavy (non-hydrogen) atoms. The third-order valence-electron chi connectivity index (χ3n) is 6.41. The maximum atomic E-state index is 13.8. The molecule has 154 valence electrons. The van der Waals surface area contributed by atoms with Crippen molar-refractivity contribution in [3.05, 3.63) is 30.1 Å². The highest BCUT2D eigenvalue weighted by atomic mass is 32.2. The summed E-state index contributed by atoms with van der Waals surface area (Å²) in [7, 11) is 1.90. The number of nitrogens with zero attached hydrogens (tertiary/aromatic N) is 3. The number of hydrogen-bond acceptors (Lipinski definition) is 4. The molecule has 0 aromatic carbocycles. The second-order valence-electron chi connectivity index (χ2n) is 8.79. The number of carbonyl (C=O) groups excluding carboxylic acids is 2. The average Bonchev–Trinajstić information content (AvgIpc) is 3.23. The molecule has 0 radical (unpaired) electrons. The SMILES string of the molecule is CSCC(=O)N1[C@@H]2CC[C@H]1[C@@](CCC(C)C)(C(=O)N(C)Cc1ccncc1)C2. The molecule has 2 fully saturated rings. The summed E-state index contributed by atoms with van der Waals surface area (Å²) in [5.41, 5.74) is 0.659. The van der Waals surface area contributed by atoms with E-state index in [0.717, 1.165) is 37.7 Å². The first-order valence-electron chi connectivity index (χ1n) is 10.3. The van der Waals surface area contributed by atoms with Crippen molar-refractivity contribution in [2.24, 2.45) is 11.3 Å². The Labute approximate surface area is 173 Å². The molecule has 0 unspecified atom stereocenters. The number of carbonyl (C=O) groups is 2. The van der Waals surface area contributed by atoms with Crippen molar-refractivity contribution in [1.29, 1.82) is 0 Å². The summed E-state index contributed by atoms with van der Waals surface area (Å²) >= 11 is 1.57. The van der Waals surface area contributed by atoms with E-state index in [2.05, 4.69) is 23.7 Å².